The Hall–Kier alpha value is -3.69. The summed E-state index contributed by atoms with van der Waals surface area (Å²) < 4.78 is 22.6. The molecule has 0 spiro atoms. The molecular weight excluding hydrogens is 526 g/mol. The average Bonchev–Trinajstić information content (AvgIpc) is 3.53. The highest BCUT2D eigenvalue weighted by molar-refractivity contribution is 5.89. The summed E-state index contributed by atoms with van der Waals surface area (Å²) in [4.78, 5) is 50.9. The SMILES string of the molecule is COC(=O)[C@@H]1CC2CN1C(=O)[C@H](C(C)(C)C)CC(=O)OC1C[C@H]1CCC/C=C/c1nc3ccc(OC)cc3nc1O2. The summed E-state index contributed by atoms with van der Waals surface area (Å²) in [6.45, 7) is 5.91. The number of hydrogen-bond donors (Lipinski definition) is 0. The van der Waals surface area contributed by atoms with Gasteiger partial charge in [0.15, 0.2) is 0 Å². The number of hydrogen-bond acceptors (Lipinski definition) is 9. The van der Waals surface area contributed by atoms with Gasteiger partial charge in [0, 0.05) is 12.5 Å². The van der Waals surface area contributed by atoms with Gasteiger partial charge < -0.3 is 23.8 Å². The summed E-state index contributed by atoms with van der Waals surface area (Å²) in [6, 6.07) is 4.63. The van der Waals surface area contributed by atoms with Gasteiger partial charge in [0.2, 0.25) is 11.8 Å². The summed E-state index contributed by atoms with van der Waals surface area (Å²) in [5.74, 6) is -0.560. The third-order valence-corrected chi connectivity index (χ3v) is 8.24. The largest absolute Gasteiger partial charge is 0.497 e. The Morgan fingerprint density at radius 2 is 1.88 bits per heavy atom. The molecule has 3 heterocycles. The van der Waals surface area contributed by atoms with Crippen LogP contribution in [0.25, 0.3) is 17.1 Å². The fourth-order valence-electron chi connectivity index (χ4n) is 5.71. The lowest BCUT2D eigenvalue weighted by atomic mass is 9.77. The van der Waals surface area contributed by atoms with Crippen LogP contribution in [0, 0.1) is 17.3 Å². The topological polar surface area (TPSA) is 117 Å². The van der Waals surface area contributed by atoms with Crippen molar-refractivity contribution >= 4 is 35.0 Å². The highest BCUT2D eigenvalue weighted by Crippen LogP contribution is 2.40. The smallest absolute Gasteiger partial charge is 0.328 e. The van der Waals surface area contributed by atoms with Gasteiger partial charge in [-0.15, -0.1) is 0 Å². The van der Waals surface area contributed by atoms with Crippen LogP contribution in [-0.4, -0.2) is 71.7 Å². The number of rotatable bonds is 2. The van der Waals surface area contributed by atoms with Crippen molar-refractivity contribution in [1.29, 1.82) is 0 Å². The predicted octanol–water partition coefficient (Wildman–Crippen LogP) is 4.34. The minimum absolute atomic E-state index is 0.0493. The van der Waals surface area contributed by atoms with Crippen molar-refractivity contribution in [3.05, 3.63) is 30.0 Å². The number of methoxy groups -OCH3 is 2. The van der Waals surface area contributed by atoms with E-state index in [4.69, 9.17) is 28.9 Å². The molecule has 1 saturated carbocycles. The van der Waals surface area contributed by atoms with Gasteiger partial charge in [0.25, 0.3) is 0 Å². The Labute approximate surface area is 240 Å². The van der Waals surface area contributed by atoms with Crippen LogP contribution in [0.5, 0.6) is 11.6 Å². The van der Waals surface area contributed by atoms with Gasteiger partial charge in [-0.2, -0.15) is 0 Å². The van der Waals surface area contributed by atoms with Crippen molar-refractivity contribution in [1.82, 2.24) is 14.9 Å². The van der Waals surface area contributed by atoms with E-state index in [1.54, 1.807) is 13.2 Å². The lowest BCUT2D eigenvalue weighted by Crippen LogP contribution is -2.47. The second kappa shape index (κ2) is 11.7. The summed E-state index contributed by atoms with van der Waals surface area (Å²) in [6.07, 6.45) is 7.09. The molecule has 0 N–H and O–H groups in total. The molecule has 2 unspecified atom stereocenters. The van der Waals surface area contributed by atoms with Gasteiger partial charge >= 0.3 is 11.9 Å². The van der Waals surface area contributed by atoms with E-state index in [0.29, 0.717) is 34.3 Å². The Morgan fingerprint density at radius 1 is 1.07 bits per heavy atom. The van der Waals surface area contributed by atoms with Crippen LogP contribution in [0.1, 0.15) is 65.0 Å². The van der Waals surface area contributed by atoms with Crippen LogP contribution < -0.4 is 9.47 Å². The van der Waals surface area contributed by atoms with Gasteiger partial charge in [-0.25, -0.2) is 14.8 Å². The van der Waals surface area contributed by atoms with Crippen molar-refractivity contribution in [3.63, 3.8) is 0 Å². The molecule has 0 radical (unpaired) electrons. The van der Waals surface area contributed by atoms with Crippen molar-refractivity contribution in [3.8, 4) is 11.6 Å². The molecule has 1 saturated heterocycles. The van der Waals surface area contributed by atoms with Crippen molar-refractivity contribution in [2.24, 2.45) is 17.3 Å². The number of esters is 2. The molecule has 2 aromatic rings. The normalized spacial score (nSPS) is 27.9. The molecule has 220 valence electrons. The quantitative estimate of drug-likeness (QED) is 0.490. The average molecular weight is 566 g/mol. The first-order valence-corrected chi connectivity index (χ1v) is 14.3. The zero-order chi connectivity index (χ0) is 29.3. The highest BCUT2D eigenvalue weighted by atomic mass is 16.6. The molecule has 10 heteroatoms. The van der Waals surface area contributed by atoms with Crippen molar-refractivity contribution in [2.45, 2.75) is 77.5 Å². The fourth-order valence-corrected chi connectivity index (χ4v) is 5.71. The molecule has 2 fully saturated rings. The van der Waals surface area contributed by atoms with Crippen molar-refractivity contribution < 1.29 is 33.3 Å². The van der Waals surface area contributed by atoms with Crippen LogP contribution in [-0.2, 0) is 23.9 Å². The van der Waals surface area contributed by atoms with E-state index in [1.807, 2.05) is 39.0 Å². The molecule has 1 aromatic carbocycles. The van der Waals surface area contributed by atoms with Gasteiger partial charge in [-0.05, 0) is 55.2 Å². The second-order valence-corrected chi connectivity index (χ2v) is 12.3. The third kappa shape index (κ3) is 6.47. The van der Waals surface area contributed by atoms with E-state index in [-0.39, 0.29) is 37.4 Å². The lowest BCUT2D eigenvalue weighted by Gasteiger charge is -2.34. The van der Waals surface area contributed by atoms with E-state index in [0.717, 1.165) is 25.7 Å². The number of aromatic nitrogens is 2. The van der Waals surface area contributed by atoms with Gasteiger partial charge in [0.1, 0.15) is 29.7 Å². The molecule has 5 rings (SSSR count). The van der Waals surface area contributed by atoms with Gasteiger partial charge in [-0.3, -0.25) is 9.59 Å². The third-order valence-electron chi connectivity index (χ3n) is 8.24. The Bertz CT molecular complexity index is 1350. The standard InChI is InChI=1S/C31H39N3O7/c1-31(2,3)21-16-27(35)41-26-13-18(26)9-7-6-8-10-23-28(33-24-14-19(38-4)11-12-22(24)32-23)40-20-15-25(30(37)39-5)34(17-20)29(21)36/h8,10-12,14,18,20-21,25-26H,6-7,9,13,15-17H2,1-5H3/b10-8+/t18-,20?,21-,25+,26?/m1/s1. The Morgan fingerprint density at radius 3 is 2.61 bits per heavy atom. The minimum atomic E-state index is -0.847. The van der Waals surface area contributed by atoms with Crippen LogP contribution >= 0.6 is 0 Å². The maximum absolute atomic E-state index is 14.0. The van der Waals surface area contributed by atoms with E-state index >= 15 is 0 Å². The number of fused-ring (bicyclic) bond motifs is 5. The first kappa shape index (κ1) is 28.8. The molecule has 1 aromatic heterocycles. The van der Waals surface area contributed by atoms with Gasteiger partial charge in [-0.1, -0.05) is 26.8 Å². The summed E-state index contributed by atoms with van der Waals surface area (Å²) in [7, 11) is 2.89. The number of benzene rings is 1. The molecule has 5 atom stereocenters. The summed E-state index contributed by atoms with van der Waals surface area (Å²) in [5, 5.41) is 0. The summed E-state index contributed by atoms with van der Waals surface area (Å²) >= 11 is 0. The number of amides is 1. The van der Waals surface area contributed by atoms with E-state index in [1.165, 1.54) is 12.0 Å². The zero-order valence-corrected chi connectivity index (χ0v) is 24.4. The van der Waals surface area contributed by atoms with E-state index in [9.17, 15) is 14.4 Å². The first-order valence-electron chi connectivity index (χ1n) is 14.3. The number of carbonyl (C=O) groups is 3. The highest BCUT2D eigenvalue weighted by Gasteiger charge is 2.47. The number of nitrogens with zero attached hydrogens (tertiary/aromatic N) is 3. The Kier molecular flexibility index (Phi) is 8.20. The molecule has 1 aliphatic carbocycles. The zero-order valence-electron chi connectivity index (χ0n) is 24.4. The Balaban J connectivity index is 1.51. The number of ether oxygens (including phenoxy) is 4. The van der Waals surface area contributed by atoms with Gasteiger partial charge in [0.05, 0.1) is 44.1 Å². The fraction of sp³-hybridized carbons (Fsp3) is 0.581. The molecule has 10 nitrogen and oxygen atoms in total. The van der Waals surface area contributed by atoms with Crippen LogP contribution in [0.15, 0.2) is 24.3 Å². The molecule has 2 aliphatic heterocycles. The maximum atomic E-state index is 14.0. The van der Waals surface area contributed by atoms with Crippen LogP contribution in [0.4, 0.5) is 0 Å². The predicted molar refractivity (Wildman–Crippen MR) is 151 cm³/mol. The monoisotopic (exact) mass is 565 g/mol. The number of allylic oxidation sites excluding steroid dienone is 1. The summed E-state index contributed by atoms with van der Waals surface area (Å²) in [5.41, 5.74) is 1.35. The van der Waals surface area contributed by atoms with Crippen LogP contribution in [0.2, 0.25) is 0 Å². The van der Waals surface area contributed by atoms with E-state index in [2.05, 4.69) is 6.08 Å². The molecule has 41 heavy (non-hydrogen) atoms. The molecule has 3 aliphatic rings. The number of carbonyl (C=O) groups excluding carboxylic acids is 3. The second-order valence-electron chi connectivity index (χ2n) is 12.3. The molecule has 2 bridgehead atoms. The van der Waals surface area contributed by atoms with E-state index < -0.39 is 29.4 Å². The van der Waals surface area contributed by atoms with Crippen LogP contribution in [0.3, 0.4) is 0 Å². The lowest BCUT2D eigenvalue weighted by molar-refractivity contribution is -0.157. The first-order chi connectivity index (χ1) is 19.6. The molecular formula is C31H39N3O7. The minimum Gasteiger partial charge on any atom is -0.497 e. The molecule has 1 amide bonds. The maximum Gasteiger partial charge on any atom is 0.328 e. The van der Waals surface area contributed by atoms with Crippen molar-refractivity contribution in [2.75, 3.05) is 20.8 Å².